The van der Waals surface area contributed by atoms with Crippen molar-refractivity contribution in [1.29, 1.82) is 0 Å². The normalized spacial score (nSPS) is 11.7. The molecule has 0 saturated carbocycles. The maximum atomic E-state index is 12.0. The summed E-state index contributed by atoms with van der Waals surface area (Å²) in [5.74, 6) is -1.46. The van der Waals surface area contributed by atoms with Gasteiger partial charge in [-0.15, -0.1) is 5.10 Å². The number of benzene rings is 1. The number of aromatic nitrogens is 2. The van der Waals surface area contributed by atoms with Gasteiger partial charge in [-0.1, -0.05) is 22.7 Å². The summed E-state index contributed by atoms with van der Waals surface area (Å²) >= 11 is 0.987. The first-order valence-electron chi connectivity index (χ1n) is 6.94. The van der Waals surface area contributed by atoms with E-state index in [0.717, 1.165) is 17.1 Å². The highest BCUT2D eigenvalue weighted by Gasteiger charge is 2.22. The van der Waals surface area contributed by atoms with E-state index < -0.39 is 11.9 Å². The molecule has 0 saturated heterocycles. The summed E-state index contributed by atoms with van der Waals surface area (Å²) in [6.07, 6.45) is 0.263. The molecular weight excluding hydrogens is 318 g/mol. The van der Waals surface area contributed by atoms with Crippen LogP contribution in [-0.2, 0) is 11.2 Å². The Morgan fingerprint density at radius 3 is 2.74 bits per heavy atom. The van der Waals surface area contributed by atoms with Crippen molar-refractivity contribution in [2.75, 3.05) is 13.7 Å². The number of aliphatic carboxylic acids is 1. The molecule has 8 heteroatoms. The van der Waals surface area contributed by atoms with Crippen molar-refractivity contribution in [3.8, 4) is 5.75 Å². The summed E-state index contributed by atoms with van der Waals surface area (Å²) in [4.78, 5) is 23.9. The Labute approximate surface area is 137 Å². The maximum absolute atomic E-state index is 12.0. The first-order valence-corrected chi connectivity index (χ1v) is 7.72. The molecule has 2 aromatic rings. The lowest BCUT2D eigenvalue weighted by Gasteiger charge is -2.15. The molecule has 0 radical (unpaired) electrons. The van der Waals surface area contributed by atoms with Gasteiger partial charge in [0.2, 0.25) is 0 Å². The van der Waals surface area contributed by atoms with Gasteiger partial charge in [0.05, 0.1) is 18.7 Å². The number of para-hydroxylation sites is 1. The third-order valence-corrected chi connectivity index (χ3v) is 4.20. The van der Waals surface area contributed by atoms with Gasteiger partial charge in [0.1, 0.15) is 10.6 Å². The SMILES string of the molecule is COc1ccccc1CC(CNC(=O)c1snnc1C)C(=O)O. The van der Waals surface area contributed by atoms with Gasteiger partial charge in [-0.25, -0.2) is 0 Å². The first-order chi connectivity index (χ1) is 11.0. The van der Waals surface area contributed by atoms with Crippen LogP contribution < -0.4 is 10.1 Å². The minimum absolute atomic E-state index is 0.0174. The van der Waals surface area contributed by atoms with Crippen molar-refractivity contribution in [3.05, 3.63) is 40.4 Å². The van der Waals surface area contributed by atoms with Gasteiger partial charge in [-0.3, -0.25) is 9.59 Å². The predicted molar refractivity (Wildman–Crippen MR) is 84.8 cm³/mol. The maximum Gasteiger partial charge on any atom is 0.308 e. The summed E-state index contributed by atoms with van der Waals surface area (Å²) in [7, 11) is 1.54. The molecule has 0 bridgehead atoms. The number of ether oxygens (including phenoxy) is 1. The standard InChI is InChI=1S/C15H17N3O4S/c1-9-13(23-18-17-9)14(19)16-8-11(15(20)21)7-10-5-3-4-6-12(10)22-2/h3-6,11H,7-8H2,1-2H3,(H,16,19)(H,20,21). The Morgan fingerprint density at radius 2 is 2.13 bits per heavy atom. The number of nitrogens with zero attached hydrogens (tertiary/aromatic N) is 2. The number of carbonyl (C=O) groups excluding carboxylic acids is 1. The molecule has 23 heavy (non-hydrogen) atoms. The zero-order chi connectivity index (χ0) is 16.8. The van der Waals surface area contributed by atoms with Crippen molar-refractivity contribution >= 4 is 23.4 Å². The van der Waals surface area contributed by atoms with Gasteiger partial charge in [0.25, 0.3) is 5.91 Å². The van der Waals surface area contributed by atoms with Crippen LogP contribution in [0.15, 0.2) is 24.3 Å². The summed E-state index contributed by atoms with van der Waals surface area (Å²) in [5.41, 5.74) is 1.32. The van der Waals surface area contributed by atoms with E-state index in [9.17, 15) is 14.7 Å². The second-order valence-corrected chi connectivity index (χ2v) is 5.70. The van der Waals surface area contributed by atoms with E-state index >= 15 is 0 Å². The number of rotatable bonds is 7. The van der Waals surface area contributed by atoms with E-state index in [1.165, 1.54) is 7.11 Å². The van der Waals surface area contributed by atoms with E-state index in [1.807, 2.05) is 18.2 Å². The molecule has 0 aliphatic heterocycles. The van der Waals surface area contributed by atoms with Crippen molar-refractivity contribution < 1.29 is 19.4 Å². The molecule has 0 spiro atoms. The number of carboxylic acid groups (broad SMARTS) is 1. The summed E-state index contributed by atoms with van der Waals surface area (Å²) in [6.45, 7) is 1.70. The Kier molecular flexibility index (Phi) is 5.64. The monoisotopic (exact) mass is 335 g/mol. The van der Waals surface area contributed by atoms with Crippen LogP contribution in [0.4, 0.5) is 0 Å². The highest BCUT2D eigenvalue weighted by molar-refractivity contribution is 7.07. The number of amides is 1. The lowest BCUT2D eigenvalue weighted by atomic mass is 9.98. The highest BCUT2D eigenvalue weighted by atomic mass is 32.1. The molecule has 1 aromatic heterocycles. The number of hydrogen-bond donors (Lipinski definition) is 2. The lowest BCUT2D eigenvalue weighted by Crippen LogP contribution is -2.34. The molecule has 1 heterocycles. The predicted octanol–water partition coefficient (Wildman–Crippen LogP) is 1.53. The van der Waals surface area contributed by atoms with Crippen molar-refractivity contribution in [2.45, 2.75) is 13.3 Å². The van der Waals surface area contributed by atoms with Crippen molar-refractivity contribution in [2.24, 2.45) is 5.92 Å². The van der Waals surface area contributed by atoms with E-state index in [1.54, 1.807) is 13.0 Å². The van der Waals surface area contributed by atoms with Crippen molar-refractivity contribution in [3.63, 3.8) is 0 Å². The quantitative estimate of drug-likeness (QED) is 0.796. The third kappa shape index (κ3) is 4.26. The Bertz CT molecular complexity index is 702. The Morgan fingerprint density at radius 1 is 1.39 bits per heavy atom. The first kappa shape index (κ1) is 16.9. The second kappa shape index (κ2) is 7.68. The second-order valence-electron chi connectivity index (χ2n) is 4.95. The number of hydrogen-bond acceptors (Lipinski definition) is 6. The summed E-state index contributed by atoms with van der Waals surface area (Å²) in [5, 5.41) is 15.8. The molecule has 7 nitrogen and oxygen atoms in total. The highest BCUT2D eigenvalue weighted by Crippen LogP contribution is 2.21. The average molecular weight is 335 g/mol. The fraction of sp³-hybridized carbons (Fsp3) is 0.333. The van der Waals surface area contributed by atoms with Crippen LogP contribution >= 0.6 is 11.5 Å². The molecule has 2 N–H and O–H groups in total. The molecular formula is C15H17N3O4S. The van der Waals surface area contributed by atoms with Gasteiger partial charge < -0.3 is 15.2 Å². The fourth-order valence-electron chi connectivity index (χ4n) is 2.12. The average Bonchev–Trinajstić information content (AvgIpc) is 2.97. The van der Waals surface area contributed by atoms with Gasteiger partial charge in [-0.2, -0.15) is 0 Å². The van der Waals surface area contributed by atoms with Gasteiger partial charge in [0, 0.05) is 6.54 Å². The molecule has 1 atom stereocenters. The smallest absolute Gasteiger partial charge is 0.308 e. The van der Waals surface area contributed by atoms with Crippen LogP contribution in [0.3, 0.4) is 0 Å². The van der Waals surface area contributed by atoms with Gasteiger partial charge in [-0.05, 0) is 36.5 Å². The van der Waals surface area contributed by atoms with Crippen LogP contribution in [0.2, 0.25) is 0 Å². The van der Waals surface area contributed by atoms with Crippen molar-refractivity contribution in [1.82, 2.24) is 14.9 Å². The molecule has 2 rings (SSSR count). The summed E-state index contributed by atoms with van der Waals surface area (Å²) in [6, 6.07) is 7.23. The molecule has 1 amide bonds. The number of aryl methyl sites for hydroxylation is 1. The van der Waals surface area contributed by atoms with Crippen LogP contribution in [-0.4, -0.2) is 40.2 Å². The largest absolute Gasteiger partial charge is 0.496 e. The van der Waals surface area contributed by atoms with E-state index in [-0.39, 0.29) is 18.9 Å². The molecule has 122 valence electrons. The van der Waals surface area contributed by atoms with E-state index in [0.29, 0.717) is 16.3 Å². The Balaban J connectivity index is 2.03. The van der Waals surface area contributed by atoms with Gasteiger partial charge in [0.15, 0.2) is 0 Å². The zero-order valence-electron chi connectivity index (χ0n) is 12.8. The van der Waals surface area contributed by atoms with Gasteiger partial charge >= 0.3 is 5.97 Å². The molecule has 0 fully saturated rings. The van der Waals surface area contributed by atoms with E-state index in [2.05, 4.69) is 14.9 Å². The number of nitrogens with one attached hydrogen (secondary N) is 1. The molecule has 0 aliphatic carbocycles. The van der Waals surface area contributed by atoms with Crippen LogP contribution in [0.5, 0.6) is 5.75 Å². The van der Waals surface area contributed by atoms with Crippen LogP contribution in [0, 0.1) is 12.8 Å². The third-order valence-electron chi connectivity index (χ3n) is 3.37. The molecule has 1 aromatic carbocycles. The van der Waals surface area contributed by atoms with Crippen LogP contribution in [0.25, 0.3) is 0 Å². The lowest BCUT2D eigenvalue weighted by molar-refractivity contribution is -0.141. The fourth-order valence-corrected chi connectivity index (χ4v) is 2.69. The zero-order valence-corrected chi connectivity index (χ0v) is 13.6. The Hall–Kier alpha value is -2.48. The molecule has 0 aliphatic rings. The number of carbonyl (C=O) groups is 2. The minimum atomic E-state index is -0.977. The minimum Gasteiger partial charge on any atom is -0.496 e. The van der Waals surface area contributed by atoms with E-state index in [4.69, 9.17) is 4.74 Å². The number of carboxylic acids is 1. The summed E-state index contributed by atoms with van der Waals surface area (Å²) < 4.78 is 8.92. The topological polar surface area (TPSA) is 101 Å². The molecule has 1 unspecified atom stereocenters. The number of methoxy groups -OCH3 is 1. The van der Waals surface area contributed by atoms with Crippen LogP contribution in [0.1, 0.15) is 20.9 Å².